The van der Waals surface area contributed by atoms with Crippen molar-refractivity contribution in [1.82, 2.24) is 10.2 Å². The molecule has 1 saturated carbocycles. The Morgan fingerprint density at radius 2 is 2.12 bits per heavy atom. The fourth-order valence-corrected chi connectivity index (χ4v) is 4.95. The molecular formula is C22H35N3O. The maximum atomic E-state index is 12.9. The molecule has 2 fully saturated rings. The van der Waals surface area contributed by atoms with E-state index in [1.807, 2.05) is 12.1 Å². The third kappa shape index (κ3) is 4.22. The molecule has 5 atom stereocenters. The summed E-state index contributed by atoms with van der Waals surface area (Å²) in [6.45, 7) is 7.47. The van der Waals surface area contributed by atoms with Crippen molar-refractivity contribution in [3.05, 3.63) is 29.8 Å². The van der Waals surface area contributed by atoms with Crippen LogP contribution in [-0.4, -0.2) is 28.9 Å². The summed E-state index contributed by atoms with van der Waals surface area (Å²) in [7, 11) is 0. The number of nitrogens with one attached hydrogen (secondary N) is 1. The van der Waals surface area contributed by atoms with E-state index in [1.165, 1.54) is 31.2 Å². The van der Waals surface area contributed by atoms with Crippen molar-refractivity contribution in [2.45, 2.75) is 84.0 Å². The number of fused-ring (bicyclic) bond motifs is 1. The summed E-state index contributed by atoms with van der Waals surface area (Å²) in [6.07, 6.45) is 6.89. The van der Waals surface area contributed by atoms with Gasteiger partial charge in [-0.15, -0.1) is 0 Å². The fraction of sp³-hybridized carbons (Fsp3) is 0.682. The molecule has 1 heterocycles. The van der Waals surface area contributed by atoms with Crippen LogP contribution in [0.4, 0.5) is 5.69 Å². The number of amides is 1. The minimum absolute atomic E-state index is 0.168. The number of hydrogen-bond acceptors (Lipinski definition) is 3. The zero-order chi connectivity index (χ0) is 18.7. The van der Waals surface area contributed by atoms with E-state index in [9.17, 15) is 4.79 Å². The van der Waals surface area contributed by atoms with Gasteiger partial charge in [0.15, 0.2) is 0 Å². The Morgan fingerprint density at radius 1 is 1.35 bits per heavy atom. The number of nitrogens with two attached hydrogens (primary N) is 1. The monoisotopic (exact) mass is 357 g/mol. The van der Waals surface area contributed by atoms with Gasteiger partial charge in [0.2, 0.25) is 5.91 Å². The van der Waals surface area contributed by atoms with Crippen molar-refractivity contribution in [1.29, 1.82) is 0 Å². The number of rotatable bonds is 5. The average Bonchev–Trinajstić information content (AvgIpc) is 2.63. The summed E-state index contributed by atoms with van der Waals surface area (Å²) in [4.78, 5) is 15.6. The molecule has 3 N–H and O–H groups in total. The number of nitrogen functional groups attached to an aromatic ring is 1. The molecule has 1 aromatic rings. The van der Waals surface area contributed by atoms with E-state index in [0.717, 1.165) is 25.1 Å². The lowest BCUT2D eigenvalue weighted by atomic mass is 9.69. The van der Waals surface area contributed by atoms with Gasteiger partial charge in [0.1, 0.15) is 0 Å². The quantitative estimate of drug-likeness (QED) is 0.785. The Kier molecular flexibility index (Phi) is 6.23. The minimum Gasteiger partial charge on any atom is -0.399 e. The zero-order valence-electron chi connectivity index (χ0n) is 16.6. The van der Waals surface area contributed by atoms with Crippen LogP contribution in [-0.2, 0) is 11.3 Å². The van der Waals surface area contributed by atoms with Gasteiger partial charge in [0.05, 0.1) is 0 Å². The Balaban J connectivity index is 1.76. The van der Waals surface area contributed by atoms with Crippen LogP contribution < -0.4 is 11.1 Å². The number of hydrogen-bond donors (Lipinski definition) is 2. The SMILES string of the molecule is CCC(C)NC(=O)C1CC(C)N(Cc2cccc(N)c2)C2CCCCC12. The lowest BCUT2D eigenvalue weighted by Gasteiger charge is -2.51. The summed E-state index contributed by atoms with van der Waals surface area (Å²) in [5.74, 6) is 0.943. The molecule has 2 aliphatic rings. The standard InChI is InChI=1S/C22H35N3O/c1-4-15(2)24-22(26)20-12-16(3)25(21-11-6-5-10-19(20)21)14-17-8-7-9-18(23)13-17/h7-9,13,15-16,19-21H,4-6,10-12,14,23H2,1-3H3,(H,24,26). The summed E-state index contributed by atoms with van der Waals surface area (Å²) in [6, 6.07) is 9.45. The molecule has 5 unspecified atom stereocenters. The highest BCUT2D eigenvalue weighted by Crippen LogP contribution is 2.42. The first-order chi connectivity index (χ1) is 12.5. The second kappa shape index (κ2) is 8.43. The maximum Gasteiger partial charge on any atom is 0.223 e. The molecular weight excluding hydrogens is 322 g/mol. The number of carbonyl (C=O) groups excluding carboxylic acids is 1. The number of carbonyl (C=O) groups is 1. The Bertz CT molecular complexity index is 617. The van der Waals surface area contributed by atoms with Crippen molar-refractivity contribution < 1.29 is 4.79 Å². The minimum atomic E-state index is 0.168. The Labute approximate surface area is 158 Å². The summed E-state index contributed by atoms with van der Waals surface area (Å²) in [5, 5.41) is 3.25. The van der Waals surface area contributed by atoms with Crippen LogP contribution in [0.1, 0.15) is 64.9 Å². The molecule has 1 aromatic carbocycles. The van der Waals surface area contributed by atoms with Crippen molar-refractivity contribution >= 4 is 11.6 Å². The van der Waals surface area contributed by atoms with Gasteiger partial charge in [0.25, 0.3) is 0 Å². The van der Waals surface area contributed by atoms with Crippen molar-refractivity contribution in [3.8, 4) is 0 Å². The average molecular weight is 358 g/mol. The van der Waals surface area contributed by atoms with Gasteiger partial charge in [-0.3, -0.25) is 9.69 Å². The fourth-order valence-electron chi connectivity index (χ4n) is 4.95. The Morgan fingerprint density at radius 3 is 2.85 bits per heavy atom. The third-order valence-electron chi connectivity index (χ3n) is 6.54. The van der Waals surface area contributed by atoms with Crippen LogP contribution >= 0.6 is 0 Å². The van der Waals surface area contributed by atoms with Crippen molar-refractivity contribution in [2.24, 2.45) is 11.8 Å². The van der Waals surface area contributed by atoms with Crippen LogP contribution in [0.3, 0.4) is 0 Å². The van der Waals surface area contributed by atoms with Gasteiger partial charge < -0.3 is 11.1 Å². The van der Waals surface area contributed by atoms with E-state index >= 15 is 0 Å². The second-order valence-electron chi connectivity index (χ2n) is 8.44. The maximum absolute atomic E-state index is 12.9. The molecule has 26 heavy (non-hydrogen) atoms. The number of nitrogens with zero attached hydrogens (tertiary/aromatic N) is 1. The number of benzene rings is 1. The van der Waals surface area contributed by atoms with E-state index in [4.69, 9.17) is 5.73 Å². The van der Waals surface area contributed by atoms with Gasteiger partial charge in [-0.1, -0.05) is 31.9 Å². The summed E-state index contributed by atoms with van der Waals surface area (Å²) >= 11 is 0. The third-order valence-corrected chi connectivity index (χ3v) is 6.54. The van der Waals surface area contributed by atoms with Gasteiger partial charge in [-0.2, -0.15) is 0 Å². The van der Waals surface area contributed by atoms with Gasteiger partial charge in [-0.05, 0) is 63.1 Å². The molecule has 0 aromatic heterocycles. The molecule has 1 aliphatic heterocycles. The predicted molar refractivity (Wildman–Crippen MR) is 108 cm³/mol. The lowest BCUT2D eigenvalue weighted by molar-refractivity contribution is -0.134. The molecule has 1 amide bonds. The van der Waals surface area contributed by atoms with Crippen LogP contribution in [0, 0.1) is 11.8 Å². The van der Waals surface area contributed by atoms with Crippen LogP contribution in [0.2, 0.25) is 0 Å². The number of piperidine rings is 1. The van der Waals surface area contributed by atoms with E-state index in [-0.39, 0.29) is 17.9 Å². The normalized spacial score (nSPS) is 30.4. The molecule has 0 radical (unpaired) electrons. The van der Waals surface area contributed by atoms with Gasteiger partial charge >= 0.3 is 0 Å². The smallest absolute Gasteiger partial charge is 0.223 e. The predicted octanol–water partition coefficient (Wildman–Crippen LogP) is 3.95. The molecule has 3 rings (SSSR count). The van der Waals surface area contributed by atoms with Crippen LogP contribution in [0.25, 0.3) is 0 Å². The highest BCUT2D eigenvalue weighted by molar-refractivity contribution is 5.79. The first-order valence-electron chi connectivity index (χ1n) is 10.4. The molecule has 1 aliphatic carbocycles. The van der Waals surface area contributed by atoms with Gasteiger partial charge in [-0.25, -0.2) is 0 Å². The number of likely N-dealkylation sites (tertiary alicyclic amines) is 1. The van der Waals surface area contributed by atoms with Crippen LogP contribution in [0.5, 0.6) is 0 Å². The highest BCUT2D eigenvalue weighted by Gasteiger charge is 2.45. The molecule has 1 saturated heterocycles. The van der Waals surface area contributed by atoms with E-state index in [2.05, 4.69) is 43.1 Å². The Hall–Kier alpha value is -1.55. The zero-order valence-corrected chi connectivity index (χ0v) is 16.6. The van der Waals surface area contributed by atoms with E-state index in [1.54, 1.807) is 0 Å². The first-order valence-corrected chi connectivity index (χ1v) is 10.4. The number of anilines is 1. The van der Waals surface area contributed by atoms with Crippen molar-refractivity contribution in [3.63, 3.8) is 0 Å². The molecule has 4 heteroatoms. The molecule has 0 spiro atoms. The van der Waals surface area contributed by atoms with E-state index < -0.39 is 0 Å². The van der Waals surface area contributed by atoms with Gasteiger partial charge in [0, 0.05) is 36.3 Å². The van der Waals surface area contributed by atoms with Crippen molar-refractivity contribution in [2.75, 3.05) is 5.73 Å². The largest absolute Gasteiger partial charge is 0.399 e. The highest BCUT2D eigenvalue weighted by atomic mass is 16.2. The molecule has 4 nitrogen and oxygen atoms in total. The topological polar surface area (TPSA) is 58.4 Å². The summed E-state index contributed by atoms with van der Waals surface area (Å²) < 4.78 is 0. The lowest BCUT2D eigenvalue weighted by Crippen LogP contribution is -2.57. The van der Waals surface area contributed by atoms with E-state index in [0.29, 0.717) is 18.0 Å². The van der Waals surface area contributed by atoms with Crippen LogP contribution in [0.15, 0.2) is 24.3 Å². The first kappa shape index (κ1) is 19.2. The molecule has 0 bridgehead atoms. The second-order valence-corrected chi connectivity index (χ2v) is 8.44. The molecule has 144 valence electrons. The summed E-state index contributed by atoms with van der Waals surface area (Å²) in [5.41, 5.74) is 8.09.